The summed E-state index contributed by atoms with van der Waals surface area (Å²) in [4.78, 5) is 71.3. The van der Waals surface area contributed by atoms with E-state index in [2.05, 4.69) is 0 Å². The fraction of sp³-hybridized carbons (Fsp3) is 0.758. The number of pyridine rings is 1. The van der Waals surface area contributed by atoms with Gasteiger partial charge in [0.15, 0.2) is 30.4 Å². The zero-order valence-corrected chi connectivity index (χ0v) is 52.8. The number of likely N-dealkylation sites (N-methyl/N-ethyl adjacent to an activating group) is 2. The summed E-state index contributed by atoms with van der Waals surface area (Å²) in [6.07, 6.45) is -3.05. The Bertz CT molecular complexity index is 2730. The van der Waals surface area contributed by atoms with Gasteiger partial charge in [0.05, 0.1) is 86.1 Å². The van der Waals surface area contributed by atoms with Crippen LogP contribution in [0.2, 0.25) is 0 Å². The summed E-state index contributed by atoms with van der Waals surface area (Å²) in [6.45, 7) is 26.7. The van der Waals surface area contributed by atoms with Crippen molar-refractivity contribution in [2.75, 3.05) is 61.2 Å². The number of cyclic esters (lactones) is 1. The van der Waals surface area contributed by atoms with Crippen LogP contribution in [0, 0.1) is 17.8 Å². The molecular weight excluding hydrogens is 1090 g/mol. The molecule has 4 fully saturated rings. The van der Waals surface area contributed by atoms with Crippen LogP contribution in [0.15, 0.2) is 29.2 Å². The molecule has 22 nitrogen and oxygen atoms in total. The average Bonchev–Trinajstić information content (AvgIpc) is 0.970. The highest BCUT2D eigenvalue weighted by Crippen LogP contribution is 2.43. The number of hydrogen-bond acceptors (Lipinski definition) is 21. The molecule has 6 heterocycles. The van der Waals surface area contributed by atoms with Gasteiger partial charge in [-0.2, -0.15) is 0 Å². The van der Waals surface area contributed by atoms with E-state index in [1.165, 1.54) is 13.1 Å². The van der Waals surface area contributed by atoms with E-state index in [1.807, 2.05) is 116 Å². The third-order valence-corrected chi connectivity index (χ3v) is 17.8. The van der Waals surface area contributed by atoms with E-state index in [9.17, 15) is 29.1 Å². The van der Waals surface area contributed by atoms with Gasteiger partial charge in [0.1, 0.15) is 23.5 Å². The number of carbonyl (C=O) groups is 4. The maximum absolute atomic E-state index is 15.0. The number of aromatic nitrogens is 1. The summed E-state index contributed by atoms with van der Waals surface area (Å²) >= 11 is 0. The standard InChI is InChI=1S/C62H95N3O19/c1-19-46-62(14)53(83-58(70)84-62)38(7)64(17)31-34(3)29-60(12,71)52(82-57-51(79-40(9)66)45(63(15)16)26-35(4)77-57)36(5)50(37(6)55(68)80-46)81-47-30-61(13,72-18)54(39(8)78-47)75-25-24-73-23-21-22-41-27-42-33-76-59(10,11)65-32-44(56(69)74-20-2)49(67)43(28-41)48(42)65/h21-22,27-28,32,34-39,45-47,50-54,57,71H,19-20,23-26,29-31,33H2,1-18H3/b22-21+/t34-,35-,36+,37-,38-,39+,45+,46-,47+,50+,51-,52-,53?,54+,57+,60-,61-,62-/m1/s1. The van der Waals surface area contributed by atoms with E-state index < -0.39 is 125 Å². The summed E-state index contributed by atoms with van der Waals surface area (Å²) in [5.41, 5.74) is -3.03. The second kappa shape index (κ2) is 27.2. The smallest absolute Gasteiger partial charge is 0.462 e. The Morgan fingerprint density at radius 2 is 1.63 bits per heavy atom. The van der Waals surface area contributed by atoms with Gasteiger partial charge in [-0.05, 0) is 133 Å². The number of hydrogen-bond donors (Lipinski definition) is 1. The van der Waals surface area contributed by atoms with Crippen molar-refractivity contribution in [3.8, 4) is 0 Å². The van der Waals surface area contributed by atoms with Crippen LogP contribution in [0.1, 0.15) is 144 Å². The number of rotatable bonds is 17. The second-order valence-corrected chi connectivity index (χ2v) is 25.3. The predicted molar refractivity (Wildman–Crippen MR) is 309 cm³/mol. The number of benzene rings is 1. The first-order valence-corrected chi connectivity index (χ1v) is 29.8. The minimum Gasteiger partial charge on any atom is -0.462 e. The highest BCUT2D eigenvalue weighted by molar-refractivity contribution is 5.95. The van der Waals surface area contributed by atoms with Gasteiger partial charge in [0.25, 0.3) is 0 Å². The zero-order valence-electron chi connectivity index (χ0n) is 52.8. The Kier molecular flexibility index (Phi) is 21.7. The number of ether oxygens (including phenoxy) is 13. The molecule has 1 N–H and O–H groups in total. The van der Waals surface area contributed by atoms with Crippen molar-refractivity contribution >= 4 is 41.0 Å². The molecule has 472 valence electrons. The summed E-state index contributed by atoms with van der Waals surface area (Å²) in [5, 5.41) is 13.4. The van der Waals surface area contributed by atoms with Crippen molar-refractivity contribution in [3.05, 3.63) is 51.3 Å². The lowest BCUT2D eigenvalue weighted by Gasteiger charge is -2.49. The normalized spacial score (nSPS) is 37.0. The molecule has 0 spiro atoms. The zero-order chi connectivity index (χ0) is 62.0. The van der Waals surface area contributed by atoms with Crippen LogP contribution in [-0.2, 0) is 83.5 Å². The van der Waals surface area contributed by atoms with Gasteiger partial charge in [-0.3, -0.25) is 19.3 Å². The molecule has 84 heavy (non-hydrogen) atoms. The lowest BCUT2D eigenvalue weighted by atomic mass is 9.77. The van der Waals surface area contributed by atoms with Crippen molar-refractivity contribution < 1.29 is 85.9 Å². The topological polar surface area (TPSA) is 237 Å². The average molecular weight is 1190 g/mol. The maximum Gasteiger partial charge on any atom is 0.509 e. The van der Waals surface area contributed by atoms with Gasteiger partial charge in [-0.15, -0.1) is 0 Å². The van der Waals surface area contributed by atoms with Crippen LogP contribution in [0.5, 0.6) is 0 Å². The lowest BCUT2D eigenvalue weighted by Crippen LogP contribution is -2.61. The molecule has 1 aromatic heterocycles. The summed E-state index contributed by atoms with van der Waals surface area (Å²) in [6, 6.07) is 3.01. The van der Waals surface area contributed by atoms with E-state index in [0.29, 0.717) is 23.9 Å². The maximum atomic E-state index is 15.0. The Balaban J connectivity index is 1.12. The SMILES string of the molecule is CCOC(=O)c1cn2c3c(cc(/C=C/COCCO[C@H]4[C@H](C)O[C@@H](O[C@H]5[C@H](C)[C@@H](O[C@@H]6O[C@H](C)C[C@H](N(C)C)[C@H]6OC(C)=O)[C@](C)(O)C[C@@H](C)CN(C)[C@H](C)C6OC(=O)O[C@]6(C)[C@@H](CC)OC(=O)[C@@H]5C)C[C@@]4(C)OC)cc3c1=O)COC2(C)C. The van der Waals surface area contributed by atoms with Crippen molar-refractivity contribution in [1.82, 2.24) is 14.4 Å². The molecule has 2 aromatic rings. The number of fused-ring (bicyclic) bond motifs is 1. The van der Waals surface area contributed by atoms with E-state index in [1.54, 1.807) is 40.9 Å². The van der Waals surface area contributed by atoms with Crippen molar-refractivity contribution in [1.29, 1.82) is 0 Å². The Labute approximate surface area is 495 Å². The lowest BCUT2D eigenvalue weighted by molar-refractivity contribution is -0.321. The van der Waals surface area contributed by atoms with Gasteiger partial charge < -0.3 is 76.2 Å². The van der Waals surface area contributed by atoms with E-state index in [0.717, 1.165) is 11.1 Å². The van der Waals surface area contributed by atoms with Crippen LogP contribution >= 0.6 is 0 Å². The van der Waals surface area contributed by atoms with Gasteiger partial charge >= 0.3 is 24.1 Å². The molecule has 0 saturated carbocycles. The van der Waals surface area contributed by atoms with Crippen LogP contribution in [-0.4, -0.2) is 195 Å². The van der Waals surface area contributed by atoms with Gasteiger partial charge in [-0.1, -0.05) is 32.9 Å². The third kappa shape index (κ3) is 14.5. The first kappa shape index (κ1) is 66.9. The number of carbonyl (C=O) groups excluding carboxylic acids is 4. The predicted octanol–water partition coefficient (Wildman–Crippen LogP) is 7.12. The second-order valence-electron chi connectivity index (χ2n) is 25.3. The van der Waals surface area contributed by atoms with E-state index >= 15 is 0 Å². The van der Waals surface area contributed by atoms with Crippen molar-refractivity contribution in [2.45, 2.75) is 225 Å². The summed E-state index contributed by atoms with van der Waals surface area (Å²) < 4.78 is 83.4. The van der Waals surface area contributed by atoms with Gasteiger partial charge in [0, 0.05) is 56.1 Å². The fourth-order valence-corrected chi connectivity index (χ4v) is 13.4. The minimum atomic E-state index is -1.64. The van der Waals surface area contributed by atoms with Crippen molar-refractivity contribution in [2.24, 2.45) is 17.8 Å². The highest BCUT2D eigenvalue weighted by atomic mass is 16.8. The monoisotopic (exact) mass is 1190 g/mol. The molecule has 0 radical (unpaired) electrons. The van der Waals surface area contributed by atoms with E-state index in [4.69, 9.17) is 61.6 Å². The quantitative estimate of drug-likeness (QED) is 0.0942. The molecule has 4 saturated heterocycles. The highest BCUT2D eigenvalue weighted by Gasteiger charge is 2.59. The molecule has 7 rings (SSSR count). The van der Waals surface area contributed by atoms with Gasteiger partial charge in [0.2, 0.25) is 5.43 Å². The molecule has 0 bridgehead atoms. The largest absolute Gasteiger partial charge is 0.509 e. The first-order valence-electron chi connectivity index (χ1n) is 29.8. The van der Waals surface area contributed by atoms with Crippen LogP contribution < -0.4 is 5.43 Å². The van der Waals surface area contributed by atoms with Crippen LogP contribution in [0.3, 0.4) is 0 Å². The molecule has 0 aliphatic carbocycles. The van der Waals surface area contributed by atoms with Gasteiger partial charge in [-0.25, -0.2) is 9.59 Å². The minimum absolute atomic E-state index is 0.0643. The molecule has 1 unspecified atom stereocenters. The number of aliphatic hydroxyl groups is 1. The molecule has 5 aliphatic rings. The number of esters is 3. The molecule has 18 atom stereocenters. The van der Waals surface area contributed by atoms with Crippen LogP contribution in [0.4, 0.5) is 4.79 Å². The number of nitrogens with zero attached hydrogens (tertiary/aromatic N) is 3. The Morgan fingerprint density at radius 1 is 0.917 bits per heavy atom. The molecule has 22 heteroatoms. The summed E-state index contributed by atoms with van der Waals surface area (Å²) in [5.74, 6) is -3.95. The molecule has 1 aromatic carbocycles. The number of methoxy groups -OCH3 is 1. The first-order chi connectivity index (χ1) is 39.4. The molecule has 0 amide bonds. The third-order valence-electron chi connectivity index (χ3n) is 17.8. The Morgan fingerprint density at radius 3 is 2.29 bits per heavy atom. The van der Waals surface area contributed by atoms with Crippen LogP contribution in [0.25, 0.3) is 17.0 Å². The van der Waals surface area contributed by atoms with E-state index in [-0.39, 0.29) is 75.9 Å². The summed E-state index contributed by atoms with van der Waals surface area (Å²) in [7, 11) is 7.30. The fourth-order valence-electron chi connectivity index (χ4n) is 13.4. The Hall–Kier alpha value is -4.59. The van der Waals surface area contributed by atoms with Crippen molar-refractivity contribution in [3.63, 3.8) is 0 Å². The molecule has 5 aliphatic heterocycles. The molecular formula is C62H95N3O19.